The van der Waals surface area contributed by atoms with Gasteiger partial charge in [-0.05, 0) is 87.3 Å². The van der Waals surface area contributed by atoms with E-state index in [0.717, 1.165) is 65.8 Å². The zero-order valence-electron chi connectivity index (χ0n) is 32.7. The molecule has 2 aliphatic carbocycles. The standard InChI is InChI=1S/C51H39NS/c1-50(2)41-28-17-16-27-39(41)40-32-31-38(33-43(40)50)52(37-25-14-7-15-26-37)44-30-18-29-42-45(44)46-47(51(42,3)36-23-12-6-13-24-36)49(35-21-10-5-11-22-35)53-48(46)34-19-8-4-9-20-34/h4-33H,1-3H3/i3D3. The second-order valence-electron chi connectivity index (χ2n) is 14.6. The molecule has 0 radical (unpaired) electrons. The molecule has 53 heavy (non-hydrogen) atoms. The van der Waals surface area contributed by atoms with E-state index in [1.165, 1.54) is 22.3 Å². The first-order valence-electron chi connectivity index (χ1n) is 19.8. The highest BCUT2D eigenvalue weighted by Gasteiger charge is 2.47. The van der Waals surface area contributed by atoms with E-state index in [1.807, 2.05) is 60.7 Å². The lowest BCUT2D eigenvalue weighted by Crippen LogP contribution is -2.23. The van der Waals surface area contributed by atoms with E-state index in [-0.39, 0.29) is 5.41 Å². The summed E-state index contributed by atoms with van der Waals surface area (Å²) in [4.78, 5) is 4.38. The van der Waals surface area contributed by atoms with Crippen molar-refractivity contribution in [2.45, 2.75) is 31.5 Å². The lowest BCUT2D eigenvalue weighted by Gasteiger charge is -2.32. The number of thiophene rings is 1. The van der Waals surface area contributed by atoms with Gasteiger partial charge in [-0.2, -0.15) is 0 Å². The van der Waals surface area contributed by atoms with Crippen LogP contribution in [0.25, 0.3) is 43.1 Å². The van der Waals surface area contributed by atoms with E-state index >= 15 is 0 Å². The Kier molecular flexibility index (Phi) is 6.50. The molecule has 0 saturated heterocycles. The summed E-state index contributed by atoms with van der Waals surface area (Å²) < 4.78 is 29.0. The highest BCUT2D eigenvalue weighted by Crippen LogP contribution is 2.64. The molecule has 0 amide bonds. The van der Waals surface area contributed by atoms with Crippen LogP contribution >= 0.6 is 11.3 Å². The summed E-state index contributed by atoms with van der Waals surface area (Å²) in [7, 11) is 0. The van der Waals surface area contributed by atoms with Crippen molar-refractivity contribution in [2.75, 3.05) is 4.90 Å². The van der Waals surface area contributed by atoms with Gasteiger partial charge >= 0.3 is 0 Å². The summed E-state index contributed by atoms with van der Waals surface area (Å²) in [6.07, 6.45) is 0. The quantitative estimate of drug-likeness (QED) is 0.167. The van der Waals surface area contributed by atoms with Gasteiger partial charge in [-0.25, -0.2) is 0 Å². The number of hydrogen-bond donors (Lipinski definition) is 0. The number of anilines is 3. The van der Waals surface area contributed by atoms with E-state index in [0.29, 0.717) is 0 Å². The number of benzene rings is 7. The molecular formula is C51H39NS. The molecule has 254 valence electrons. The van der Waals surface area contributed by atoms with Gasteiger partial charge in [-0.1, -0.05) is 166 Å². The Morgan fingerprint density at radius 2 is 1.08 bits per heavy atom. The maximum atomic E-state index is 9.67. The van der Waals surface area contributed by atoms with Crippen LogP contribution in [-0.4, -0.2) is 0 Å². The first-order valence-corrected chi connectivity index (χ1v) is 19.1. The number of rotatable bonds is 6. The van der Waals surface area contributed by atoms with E-state index in [4.69, 9.17) is 0 Å². The summed E-state index contributed by atoms with van der Waals surface area (Å²) in [6.45, 7) is 2.17. The van der Waals surface area contributed by atoms with Crippen LogP contribution in [0.3, 0.4) is 0 Å². The minimum atomic E-state index is -2.45. The molecule has 0 saturated carbocycles. The number of para-hydroxylation sites is 1. The maximum Gasteiger partial charge on any atom is 0.0543 e. The molecule has 2 aliphatic rings. The first-order chi connectivity index (χ1) is 27.2. The van der Waals surface area contributed by atoms with Gasteiger partial charge in [0.2, 0.25) is 0 Å². The third-order valence-electron chi connectivity index (χ3n) is 11.3. The van der Waals surface area contributed by atoms with Crippen LogP contribution in [0.5, 0.6) is 0 Å². The Bertz CT molecular complexity index is 2750. The maximum absolute atomic E-state index is 9.67. The Hall–Kier alpha value is -5.96. The van der Waals surface area contributed by atoms with Crippen molar-refractivity contribution in [3.8, 4) is 43.1 Å². The second-order valence-corrected chi connectivity index (χ2v) is 15.7. The van der Waals surface area contributed by atoms with Gasteiger partial charge in [0.15, 0.2) is 0 Å². The van der Waals surface area contributed by atoms with E-state index in [9.17, 15) is 4.11 Å². The highest BCUT2D eigenvalue weighted by molar-refractivity contribution is 7.19. The molecule has 1 unspecified atom stereocenters. The molecule has 7 aromatic carbocycles. The van der Waals surface area contributed by atoms with Crippen LogP contribution in [0.2, 0.25) is 0 Å². The largest absolute Gasteiger partial charge is 0.310 e. The average molecular weight is 701 g/mol. The summed E-state index contributed by atoms with van der Waals surface area (Å²) in [5.41, 5.74) is 12.9. The molecule has 0 N–H and O–H groups in total. The van der Waals surface area contributed by atoms with Crippen LogP contribution < -0.4 is 4.90 Å². The average Bonchev–Trinajstić information content (AvgIpc) is 3.84. The fourth-order valence-electron chi connectivity index (χ4n) is 8.87. The van der Waals surface area contributed by atoms with Crippen molar-refractivity contribution in [3.63, 3.8) is 0 Å². The molecule has 0 fully saturated rings. The van der Waals surface area contributed by atoms with Gasteiger partial charge in [-0.3, -0.25) is 0 Å². The van der Waals surface area contributed by atoms with Crippen LogP contribution in [0.15, 0.2) is 182 Å². The first kappa shape index (κ1) is 28.6. The van der Waals surface area contributed by atoms with Gasteiger partial charge in [0.1, 0.15) is 0 Å². The smallest absolute Gasteiger partial charge is 0.0543 e. The van der Waals surface area contributed by atoms with Crippen LogP contribution in [0.1, 0.15) is 52.6 Å². The SMILES string of the molecule is [2H]C([2H])([2H])C1(c2ccccc2)c2cccc(N(c3ccccc3)c3ccc4c(c3)C(C)(C)c3ccccc3-4)c2-c2c(-c3ccccc3)sc(-c3ccccc3)c21. The van der Waals surface area contributed by atoms with Gasteiger partial charge in [0, 0.05) is 47.2 Å². The molecule has 10 rings (SSSR count). The molecule has 1 nitrogen and oxygen atoms in total. The fourth-order valence-corrected chi connectivity index (χ4v) is 10.2. The second kappa shape index (κ2) is 12.0. The molecule has 1 heterocycles. The lowest BCUT2D eigenvalue weighted by molar-refractivity contribution is 0.660. The van der Waals surface area contributed by atoms with Crippen LogP contribution in [0, 0.1) is 0 Å². The molecule has 1 aromatic heterocycles. The molecule has 0 spiro atoms. The van der Waals surface area contributed by atoms with Crippen molar-refractivity contribution in [1.29, 1.82) is 0 Å². The third-order valence-corrected chi connectivity index (χ3v) is 12.6. The molecule has 0 aliphatic heterocycles. The zero-order valence-corrected chi connectivity index (χ0v) is 30.5. The molecular weight excluding hydrogens is 659 g/mol. The monoisotopic (exact) mass is 700 g/mol. The van der Waals surface area contributed by atoms with E-state index in [1.54, 1.807) is 11.3 Å². The van der Waals surface area contributed by atoms with Crippen molar-refractivity contribution >= 4 is 28.4 Å². The molecule has 8 aromatic rings. The van der Waals surface area contributed by atoms with Gasteiger partial charge in [-0.15, -0.1) is 11.3 Å². The lowest BCUT2D eigenvalue weighted by atomic mass is 9.73. The highest BCUT2D eigenvalue weighted by atomic mass is 32.1. The predicted octanol–water partition coefficient (Wildman–Crippen LogP) is 14.2. The minimum Gasteiger partial charge on any atom is -0.310 e. The summed E-state index contributed by atoms with van der Waals surface area (Å²) in [6, 6.07) is 63.1. The van der Waals surface area contributed by atoms with Crippen molar-refractivity contribution in [2.24, 2.45) is 0 Å². The third kappa shape index (κ3) is 4.69. The number of fused-ring (bicyclic) bond motifs is 6. The van der Waals surface area contributed by atoms with Gasteiger partial charge in [0.05, 0.1) is 5.69 Å². The summed E-state index contributed by atoms with van der Waals surface area (Å²) >= 11 is 1.70. The van der Waals surface area contributed by atoms with Crippen LogP contribution in [0.4, 0.5) is 17.1 Å². The number of nitrogens with zero attached hydrogens (tertiary/aromatic N) is 1. The van der Waals surface area contributed by atoms with E-state index in [2.05, 4.69) is 140 Å². The van der Waals surface area contributed by atoms with Crippen molar-refractivity contribution < 1.29 is 4.11 Å². The van der Waals surface area contributed by atoms with Gasteiger partial charge < -0.3 is 4.90 Å². The normalized spacial score (nSPS) is 17.1. The van der Waals surface area contributed by atoms with Crippen molar-refractivity contribution in [1.82, 2.24) is 0 Å². The Labute approximate surface area is 320 Å². The molecule has 1 atom stereocenters. The number of hydrogen-bond acceptors (Lipinski definition) is 2. The summed E-state index contributed by atoms with van der Waals surface area (Å²) in [5.74, 6) is 0. The Balaban J connectivity index is 1.34. The zero-order chi connectivity index (χ0) is 38.2. The van der Waals surface area contributed by atoms with Gasteiger partial charge in [0.25, 0.3) is 0 Å². The van der Waals surface area contributed by atoms with Crippen LogP contribution in [-0.2, 0) is 10.8 Å². The Morgan fingerprint density at radius 1 is 0.491 bits per heavy atom. The molecule has 2 heteroatoms. The van der Waals surface area contributed by atoms with E-state index < -0.39 is 12.3 Å². The summed E-state index contributed by atoms with van der Waals surface area (Å²) in [5, 5.41) is 0. The topological polar surface area (TPSA) is 3.24 Å². The Morgan fingerprint density at radius 3 is 1.77 bits per heavy atom. The van der Waals surface area contributed by atoms with Crippen molar-refractivity contribution in [3.05, 3.63) is 210 Å². The fraction of sp³-hybridized carbons (Fsp3) is 0.0980. The predicted molar refractivity (Wildman–Crippen MR) is 225 cm³/mol. The molecule has 0 bridgehead atoms. The minimum absolute atomic E-state index is 0.196.